The Morgan fingerprint density at radius 1 is 0.908 bits per heavy atom. The largest absolute Gasteiger partial charge is 0.394 e. The number of primary amides is 1. The van der Waals surface area contributed by atoms with Crippen molar-refractivity contribution in [2.45, 2.75) is 114 Å². The van der Waals surface area contributed by atoms with Crippen molar-refractivity contribution in [3.63, 3.8) is 0 Å². The van der Waals surface area contributed by atoms with Gasteiger partial charge in [-0.1, -0.05) is 39.3 Å². The lowest BCUT2D eigenvalue weighted by atomic mass is 9.85. The number of aliphatic hydroxyl groups excluding tert-OH is 3. The van der Waals surface area contributed by atoms with Crippen LogP contribution in [-0.4, -0.2) is 151 Å². The predicted octanol–water partition coefficient (Wildman–Crippen LogP) is -2.75. The molecule has 356 valence electrons. The Bertz CT molecular complexity index is 2220. The SMILES string of the molecule is CC[C@H](C)[C@H]1CC(=O)NCC(=O)N[C@H]2CS(=O)c3[nH]c4cc(C)ccc4c3C[C@H](CC(=O)[C@H]([C@@H](C)[C@@H](O)CO)NC(=O)[C@@H]3C[C@@H](O)CN3C(=O)[C@H](CC(N)=O)CC2=O)C(=O)NCC(=O)N1. The summed E-state index contributed by atoms with van der Waals surface area (Å²) in [6.07, 6.45) is -5.39. The number of aliphatic hydroxyl groups is 3. The first kappa shape index (κ1) is 50.4. The molecule has 1 aromatic heterocycles. The number of carbonyl (C=O) groups excluding carboxylic acids is 9. The highest BCUT2D eigenvalue weighted by atomic mass is 32.2. The minimum Gasteiger partial charge on any atom is -0.394 e. The fourth-order valence-electron chi connectivity index (χ4n) is 8.57. The summed E-state index contributed by atoms with van der Waals surface area (Å²) in [5.74, 6) is -12.6. The van der Waals surface area contributed by atoms with Crippen molar-refractivity contribution >= 4 is 74.6 Å². The molecular weight excluding hydrogens is 869 g/mol. The van der Waals surface area contributed by atoms with E-state index >= 15 is 0 Å². The zero-order valence-electron chi connectivity index (χ0n) is 36.8. The van der Waals surface area contributed by atoms with Gasteiger partial charge in [-0.2, -0.15) is 0 Å². The lowest BCUT2D eigenvalue weighted by Gasteiger charge is -2.32. The molecule has 21 nitrogen and oxygen atoms in total. The van der Waals surface area contributed by atoms with E-state index in [0.717, 1.165) is 10.5 Å². The van der Waals surface area contributed by atoms with Crippen molar-refractivity contribution in [2.75, 3.05) is 32.0 Å². The maximum Gasteiger partial charge on any atom is 0.243 e. The number of benzene rings is 1. The number of ketones is 2. The van der Waals surface area contributed by atoms with Gasteiger partial charge in [-0.05, 0) is 36.5 Å². The third-order valence-electron chi connectivity index (χ3n) is 12.6. The number of aromatic amines is 1. The van der Waals surface area contributed by atoms with Crippen molar-refractivity contribution in [1.29, 1.82) is 0 Å². The minimum absolute atomic E-state index is 0.0111. The maximum absolute atomic E-state index is 14.7. The standard InChI is InChI=1S/C43H60N8O13S/c1-5-21(3)28-14-36(58)45-15-37(59)48-30-19-65(64)42-27(26-7-6-20(2)8-29(26)49-42)9-23(40(61)46-16-38(60)47-28)10-33(55)39(22(4)34(56)18-52)50-41(62)31-13-25(53)17-51(31)43(63)24(11-32(30)54)12-35(44)57/h6-8,21-25,28,30-31,34,39,49,52-53,56H,5,9-19H2,1-4H3,(H2,44,57)(H,45,58)(H,46,61)(H,47,60)(H,48,59)(H,50,62)/t21-,22-,23+,24-,25+,28+,30-,31-,34-,39-,65?/m0/s1. The van der Waals surface area contributed by atoms with Crippen molar-refractivity contribution in [3.05, 3.63) is 29.3 Å². The van der Waals surface area contributed by atoms with Crippen LogP contribution in [-0.2, 0) is 60.4 Å². The van der Waals surface area contributed by atoms with Gasteiger partial charge >= 0.3 is 0 Å². The second kappa shape index (κ2) is 22.1. The van der Waals surface area contributed by atoms with Gasteiger partial charge in [0.25, 0.3) is 0 Å². The summed E-state index contributed by atoms with van der Waals surface area (Å²) in [4.78, 5) is 128. The zero-order valence-corrected chi connectivity index (χ0v) is 37.7. The van der Waals surface area contributed by atoms with Gasteiger partial charge in [0.05, 0.1) is 66.5 Å². The number of rotatable bonds is 7. The fraction of sp³-hybridized carbons (Fsp3) is 0.605. The summed E-state index contributed by atoms with van der Waals surface area (Å²) in [5, 5.41) is 44.9. The van der Waals surface area contributed by atoms with Crippen LogP contribution in [0.25, 0.3) is 10.9 Å². The van der Waals surface area contributed by atoms with E-state index in [2.05, 4.69) is 31.6 Å². The van der Waals surface area contributed by atoms with Crippen LogP contribution in [0.15, 0.2) is 23.2 Å². The number of aromatic nitrogens is 1. The number of nitrogens with zero attached hydrogens (tertiary/aromatic N) is 1. The van der Waals surface area contributed by atoms with Crippen molar-refractivity contribution in [3.8, 4) is 0 Å². The number of hydrogen-bond acceptors (Lipinski definition) is 13. The molecule has 0 spiro atoms. The topological polar surface area (TPSA) is 337 Å². The molecule has 0 saturated carbocycles. The number of nitrogens with two attached hydrogens (primary N) is 1. The van der Waals surface area contributed by atoms with Crippen LogP contribution in [0.4, 0.5) is 0 Å². The molecule has 1 unspecified atom stereocenters. The molecule has 7 amide bonds. The highest BCUT2D eigenvalue weighted by Crippen LogP contribution is 2.31. The van der Waals surface area contributed by atoms with Gasteiger partial charge in [-0.3, -0.25) is 47.4 Å². The quantitative estimate of drug-likeness (QED) is 0.135. The Morgan fingerprint density at radius 3 is 2.28 bits per heavy atom. The highest BCUT2D eigenvalue weighted by molar-refractivity contribution is 7.85. The molecule has 2 aromatic rings. The molecule has 5 rings (SSSR count). The summed E-state index contributed by atoms with van der Waals surface area (Å²) < 4.78 is 14.7. The van der Waals surface area contributed by atoms with Crippen molar-refractivity contribution < 1.29 is 62.7 Å². The second-order valence-corrected chi connectivity index (χ2v) is 18.9. The van der Waals surface area contributed by atoms with Crippen LogP contribution < -0.4 is 32.3 Å². The van der Waals surface area contributed by atoms with Crippen LogP contribution in [0.3, 0.4) is 0 Å². The Labute approximate surface area is 377 Å². The molecule has 1 saturated heterocycles. The molecule has 0 radical (unpaired) electrons. The molecule has 65 heavy (non-hydrogen) atoms. The maximum atomic E-state index is 14.7. The Kier molecular flexibility index (Phi) is 17.1. The number of hydrogen-bond donors (Lipinski definition) is 10. The van der Waals surface area contributed by atoms with Gasteiger partial charge in [-0.25, -0.2) is 0 Å². The molecule has 2 bridgehead atoms. The number of carbonyl (C=O) groups is 9. The molecular formula is C43H60N8O13S. The molecule has 3 aliphatic rings. The number of amides is 7. The van der Waals surface area contributed by atoms with Crippen LogP contribution in [0.1, 0.15) is 70.4 Å². The molecule has 1 fully saturated rings. The van der Waals surface area contributed by atoms with E-state index in [4.69, 9.17) is 5.73 Å². The van der Waals surface area contributed by atoms with E-state index < -0.39 is 169 Å². The summed E-state index contributed by atoms with van der Waals surface area (Å²) in [6.45, 7) is 4.29. The normalized spacial score (nSPS) is 28.7. The third kappa shape index (κ3) is 12.6. The van der Waals surface area contributed by atoms with Crippen molar-refractivity contribution in [2.24, 2.45) is 29.4 Å². The first-order chi connectivity index (χ1) is 30.7. The highest BCUT2D eigenvalue weighted by Gasteiger charge is 2.45. The van der Waals surface area contributed by atoms with Crippen molar-refractivity contribution in [1.82, 2.24) is 36.5 Å². The lowest BCUT2D eigenvalue weighted by Crippen LogP contribution is -2.56. The van der Waals surface area contributed by atoms with Gasteiger partial charge < -0.3 is 57.5 Å². The third-order valence-corrected chi connectivity index (χ3v) is 14.0. The van der Waals surface area contributed by atoms with Crippen LogP contribution >= 0.6 is 0 Å². The van der Waals surface area contributed by atoms with Gasteiger partial charge in [0.1, 0.15) is 11.1 Å². The van der Waals surface area contributed by atoms with E-state index in [9.17, 15) is 62.7 Å². The van der Waals surface area contributed by atoms with Gasteiger partial charge in [0, 0.05) is 67.4 Å². The van der Waals surface area contributed by atoms with Crippen LogP contribution in [0.5, 0.6) is 0 Å². The average Bonchev–Trinajstić information content (AvgIpc) is 3.83. The minimum atomic E-state index is -2.23. The fourth-order valence-corrected chi connectivity index (χ4v) is 10.00. The molecule has 3 aliphatic heterocycles. The van der Waals surface area contributed by atoms with E-state index in [1.807, 2.05) is 6.92 Å². The number of H-pyrrole nitrogens is 1. The van der Waals surface area contributed by atoms with Gasteiger partial charge in [0.15, 0.2) is 11.6 Å². The predicted molar refractivity (Wildman–Crippen MR) is 232 cm³/mol. The number of aryl methyl sites for hydroxylation is 1. The van der Waals surface area contributed by atoms with E-state index in [1.165, 1.54) is 6.92 Å². The van der Waals surface area contributed by atoms with Gasteiger partial charge in [0.2, 0.25) is 41.4 Å². The van der Waals surface area contributed by atoms with Gasteiger partial charge in [-0.15, -0.1) is 0 Å². The summed E-state index contributed by atoms with van der Waals surface area (Å²) in [7, 11) is -2.23. The molecule has 0 aliphatic carbocycles. The summed E-state index contributed by atoms with van der Waals surface area (Å²) in [5.41, 5.74) is 7.08. The zero-order chi connectivity index (χ0) is 47.9. The molecule has 22 heteroatoms. The molecule has 11 N–H and O–H groups in total. The molecule has 11 atom stereocenters. The monoisotopic (exact) mass is 928 g/mol. The lowest BCUT2D eigenvalue weighted by molar-refractivity contribution is -0.145. The smallest absolute Gasteiger partial charge is 0.243 e. The van der Waals surface area contributed by atoms with E-state index in [1.54, 1.807) is 32.0 Å². The molecule has 4 heterocycles. The Hall–Kier alpha value is -5.58. The summed E-state index contributed by atoms with van der Waals surface area (Å²) >= 11 is 0. The second-order valence-electron chi connectivity index (χ2n) is 17.5. The van der Waals surface area contributed by atoms with E-state index in [0.29, 0.717) is 17.3 Å². The Balaban J connectivity index is 1.72. The average molecular weight is 929 g/mol. The number of fused-ring (bicyclic) bond motifs is 5. The summed E-state index contributed by atoms with van der Waals surface area (Å²) in [6, 6.07) is -0.266. The van der Waals surface area contributed by atoms with Crippen LogP contribution in [0.2, 0.25) is 0 Å². The first-order valence-electron chi connectivity index (χ1n) is 21.7. The first-order valence-corrected chi connectivity index (χ1v) is 23.1. The molecule has 1 aromatic carbocycles. The number of nitrogens with one attached hydrogen (secondary N) is 6. The van der Waals surface area contributed by atoms with Crippen LogP contribution in [0, 0.1) is 30.6 Å². The Morgan fingerprint density at radius 2 is 1.60 bits per heavy atom. The van der Waals surface area contributed by atoms with E-state index in [-0.39, 0.29) is 35.8 Å². The number of Topliss-reactive ketones (excluding diaryl/α,β-unsaturated/α-hetero) is 2.